The van der Waals surface area contributed by atoms with Crippen LogP contribution in [0.4, 0.5) is 0 Å². The molecule has 1 aliphatic heterocycles. The van der Waals surface area contributed by atoms with Crippen LogP contribution in [0.1, 0.15) is 52.4 Å². The first kappa shape index (κ1) is 24.2. The van der Waals surface area contributed by atoms with Gasteiger partial charge in [0.05, 0.1) is 0 Å². The Hall–Kier alpha value is -0.0300. The van der Waals surface area contributed by atoms with Crippen LogP contribution in [0.3, 0.4) is 0 Å². The van der Waals surface area contributed by atoms with Gasteiger partial charge in [0.2, 0.25) is 5.91 Å². The highest BCUT2D eigenvalue weighted by Crippen LogP contribution is 2.22. The van der Waals surface area contributed by atoms with Crippen LogP contribution in [0.2, 0.25) is 0 Å². The first-order chi connectivity index (χ1) is 9.60. The number of rotatable bonds is 8. The minimum absolute atomic E-state index is 0. The topological polar surface area (TPSA) is 49.6 Å². The molecule has 1 amide bonds. The zero-order valence-corrected chi connectivity index (χ0v) is 16.1. The molecule has 2 N–H and O–H groups in total. The third-order valence-corrected chi connectivity index (χ3v) is 4.63. The van der Waals surface area contributed by atoms with E-state index in [0.29, 0.717) is 24.3 Å². The number of carbonyl (C=O) groups excluding carboxylic acids is 1. The predicted molar refractivity (Wildman–Crippen MR) is 99.1 cm³/mol. The van der Waals surface area contributed by atoms with Crippen LogP contribution in [-0.4, -0.2) is 55.0 Å². The second-order valence-electron chi connectivity index (χ2n) is 6.18. The van der Waals surface area contributed by atoms with Crippen LogP contribution >= 0.6 is 24.8 Å². The van der Waals surface area contributed by atoms with Gasteiger partial charge in [-0.15, -0.1) is 24.8 Å². The smallest absolute Gasteiger partial charge is 0.222 e. The Kier molecular flexibility index (Phi) is 14.8. The van der Waals surface area contributed by atoms with Crippen molar-refractivity contribution in [3.63, 3.8) is 0 Å². The average molecular weight is 356 g/mol. The lowest BCUT2D eigenvalue weighted by molar-refractivity contribution is -0.134. The zero-order valence-electron chi connectivity index (χ0n) is 14.4. The summed E-state index contributed by atoms with van der Waals surface area (Å²) in [5.74, 6) is 0.898. The van der Waals surface area contributed by atoms with Crippen LogP contribution in [0.5, 0.6) is 0 Å². The van der Waals surface area contributed by atoms with E-state index in [-0.39, 0.29) is 24.8 Å². The van der Waals surface area contributed by atoms with Crippen LogP contribution in [0, 0.1) is 5.92 Å². The summed E-state index contributed by atoms with van der Waals surface area (Å²) in [6.07, 6.45) is 6.17. The summed E-state index contributed by atoms with van der Waals surface area (Å²) in [7, 11) is 1.99. The van der Waals surface area contributed by atoms with Crippen LogP contribution in [-0.2, 0) is 4.79 Å². The number of piperidine rings is 1. The van der Waals surface area contributed by atoms with E-state index >= 15 is 0 Å². The summed E-state index contributed by atoms with van der Waals surface area (Å²) in [6.45, 7) is 8.62. The van der Waals surface area contributed by atoms with Gasteiger partial charge in [-0.1, -0.05) is 26.7 Å². The van der Waals surface area contributed by atoms with Gasteiger partial charge in [-0.25, -0.2) is 0 Å². The Balaban J connectivity index is 0. The van der Waals surface area contributed by atoms with Crippen LogP contribution < -0.4 is 5.73 Å². The number of hydrogen-bond donors (Lipinski definition) is 1. The Bertz CT molecular complexity index is 293. The number of nitrogens with zero attached hydrogens (tertiary/aromatic N) is 2. The van der Waals surface area contributed by atoms with E-state index in [1.54, 1.807) is 0 Å². The fraction of sp³-hybridized carbons (Fsp3) is 0.938. The largest absolute Gasteiger partial charge is 0.342 e. The van der Waals surface area contributed by atoms with Crippen molar-refractivity contribution in [2.24, 2.45) is 11.7 Å². The summed E-state index contributed by atoms with van der Waals surface area (Å²) in [5.41, 5.74) is 5.48. The number of carbonyl (C=O) groups is 1. The molecule has 0 radical (unpaired) electrons. The van der Waals surface area contributed by atoms with Crippen molar-refractivity contribution in [1.29, 1.82) is 0 Å². The molecule has 1 heterocycles. The molecule has 0 aromatic rings. The summed E-state index contributed by atoms with van der Waals surface area (Å²) < 4.78 is 0. The molecule has 2 atom stereocenters. The molecule has 1 rings (SSSR count). The third kappa shape index (κ3) is 8.00. The van der Waals surface area contributed by atoms with Crippen LogP contribution in [0.15, 0.2) is 0 Å². The maximum Gasteiger partial charge on any atom is 0.222 e. The van der Waals surface area contributed by atoms with E-state index < -0.39 is 0 Å². The minimum atomic E-state index is 0. The van der Waals surface area contributed by atoms with Gasteiger partial charge in [-0.3, -0.25) is 4.79 Å². The highest BCUT2D eigenvalue weighted by molar-refractivity contribution is 5.85. The van der Waals surface area contributed by atoms with E-state index in [9.17, 15) is 4.79 Å². The van der Waals surface area contributed by atoms with E-state index in [2.05, 4.69) is 18.7 Å². The van der Waals surface area contributed by atoms with Crippen molar-refractivity contribution in [2.45, 2.75) is 58.4 Å². The molecule has 0 bridgehead atoms. The maximum atomic E-state index is 12.3. The zero-order chi connectivity index (χ0) is 15.0. The maximum absolute atomic E-state index is 12.3. The van der Waals surface area contributed by atoms with Gasteiger partial charge in [-0.2, -0.15) is 0 Å². The molecular weight excluding hydrogens is 321 g/mol. The lowest BCUT2D eigenvalue weighted by atomic mass is 9.92. The molecule has 134 valence electrons. The molecular formula is C16H35Cl2N3O. The van der Waals surface area contributed by atoms with Gasteiger partial charge in [0.25, 0.3) is 0 Å². The second-order valence-corrected chi connectivity index (χ2v) is 6.18. The SMILES string of the molecule is CCN1CCC(N(C)C(=O)CCCCCCN)C(C)C1.Cl.Cl. The minimum Gasteiger partial charge on any atom is -0.342 e. The van der Waals surface area contributed by atoms with Gasteiger partial charge in [0.1, 0.15) is 0 Å². The molecule has 1 saturated heterocycles. The monoisotopic (exact) mass is 355 g/mol. The van der Waals surface area contributed by atoms with E-state index in [0.717, 1.165) is 58.3 Å². The van der Waals surface area contributed by atoms with Crippen molar-refractivity contribution in [2.75, 3.05) is 33.2 Å². The van der Waals surface area contributed by atoms with Gasteiger partial charge in [-0.05, 0) is 38.3 Å². The highest BCUT2D eigenvalue weighted by atomic mass is 35.5. The Morgan fingerprint density at radius 3 is 2.41 bits per heavy atom. The Morgan fingerprint density at radius 2 is 1.86 bits per heavy atom. The van der Waals surface area contributed by atoms with Gasteiger partial charge in [0.15, 0.2) is 0 Å². The summed E-state index contributed by atoms with van der Waals surface area (Å²) in [5, 5.41) is 0. The molecule has 1 aliphatic rings. The van der Waals surface area contributed by atoms with E-state index in [1.165, 1.54) is 0 Å². The molecule has 22 heavy (non-hydrogen) atoms. The average Bonchev–Trinajstić information content (AvgIpc) is 2.46. The number of likely N-dealkylation sites (tertiary alicyclic amines) is 1. The Labute approximate surface area is 149 Å². The molecule has 0 aromatic carbocycles. The number of unbranched alkanes of at least 4 members (excludes halogenated alkanes) is 3. The molecule has 0 saturated carbocycles. The fourth-order valence-corrected chi connectivity index (χ4v) is 3.22. The number of nitrogens with two attached hydrogens (primary N) is 1. The molecule has 0 aromatic heterocycles. The lowest BCUT2D eigenvalue weighted by Crippen LogP contribution is -2.50. The Morgan fingerprint density at radius 1 is 1.23 bits per heavy atom. The standard InChI is InChI=1S/C16H33N3O.2ClH/c1-4-19-12-10-15(14(2)13-19)18(3)16(20)9-7-5-6-8-11-17;;/h14-15H,4-13,17H2,1-3H3;2*1H. The quantitative estimate of drug-likeness (QED) is 0.681. The van der Waals surface area contributed by atoms with Gasteiger partial charge in [0, 0.05) is 32.6 Å². The van der Waals surface area contributed by atoms with Crippen molar-refractivity contribution in [3.8, 4) is 0 Å². The van der Waals surface area contributed by atoms with Gasteiger partial charge < -0.3 is 15.5 Å². The molecule has 4 nitrogen and oxygen atoms in total. The van der Waals surface area contributed by atoms with Gasteiger partial charge >= 0.3 is 0 Å². The predicted octanol–water partition coefficient (Wildman–Crippen LogP) is 2.93. The molecule has 2 unspecified atom stereocenters. The molecule has 6 heteroatoms. The molecule has 0 spiro atoms. The number of halogens is 2. The summed E-state index contributed by atoms with van der Waals surface area (Å²) in [4.78, 5) is 16.8. The van der Waals surface area contributed by atoms with Crippen molar-refractivity contribution in [1.82, 2.24) is 9.80 Å². The lowest BCUT2D eigenvalue weighted by Gasteiger charge is -2.41. The highest BCUT2D eigenvalue weighted by Gasteiger charge is 2.30. The molecule has 0 aliphatic carbocycles. The van der Waals surface area contributed by atoms with E-state index in [1.807, 2.05) is 11.9 Å². The number of amides is 1. The van der Waals surface area contributed by atoms with Crippen molar-refractivity contribution < 1.29 is 4.79 Å². The van der Waals surface area contributed by atoms with Crippen LogP contribution in [0.25, 0.3) is 0 Å². The first-order valence-electron chi connectivity index (χ1n) is 8.28. The second kappa shape index (κ2) is 13.4. The molecule has 1 fully saturated rings. The first-order valence-corrected chi connectivity index (χ1v) is 8.28. The summed E-state index contributed by atoms with van der Waals surface area (Å²) in [6, 6.07) is 0.425. The summed E-state index contributed by atoms with van der Waals surface area (Å²) >= 11 is 0. The van der Waals surface area contributed by atoms with Crippen molar-refractivity contribution >= 4 is 30.7 Å². The number of hydrogen-bond acceptors (Lipinski definition) is 3. The van der Waals surface area contributed by atoms with Crippen molar-refractivity contribution in [3.05, 3.63) is 0 Å². The third-order valence-electron chi connectivity index (χ3n) is 4.63. The van der Waals surface area contributed by atoms with E-state index in [4.69, 9.17) is 5.73 Å². The fourth-order valence-electron chi connectivity index (χ4n) is 3.22. The normalized spacial score (nSPS) is 21.6.